The van der Waals surface area contributed by atoms with E-state index in [2.05, 4.69) is 16.4 Å². The number of aromatic nitrogens is 1. The van der Waals surface area contributed by atoms with Gasteiger partial charge in [-0.05, 0) is 36.2 Å². The molecule has 0 unspecified atom stereocenters. The van der Waals surface area contributed by atoms with Crippen molar-refractivity contribution in [1.29, 1.82) is 5.26 Å². The first-order valence-corrected chi connectivity index (χ1v) is 8.54. The minimum Gasteiger partial charge on any atom is -0.352 e. The molecule has 134 valence electrons. The Bertz CT molecular complexity index is 794. The predicted molar refractivity (Wildman–Crippen MR) is 96.2 cm³/mol. The summed E-state index contributed by atoms with van der Waals surface area (Å²) in [4.78, 5) is 20.4. The molecule has 26 heavy (non-hydrogen) atoms. The van der Waals surface area contributed by atoms with Gasteiger partial charge in [-0.1, -0.05) is 12.1 Å². The second-order valence-corrected chi connectivity index (χ2v) is 6.07. The molecule has 1 fully saturated rings. The molecule has 3 rings (SSSR count). The Labute approximate surface area is 151 Å². The lowest BCUT2D eigenvalue weighted by Gasteiger charge is -2.35. The van der Waals surface area contributed by atoms with Crippen LogP contribution in [0, 0.1) is 17.1 Å². The van der Waals surface area contributed by atoms with Crippen LogP contribution in [0.4, 0.5) is 15.0 Å². The molecule has 1 saturated heterocycles. The van der Waals surface area contributed by atoms with Crippen molar-refractivity contribution in [2.24, 2.45) is 0 Å². The zero-order valence-corrected chi connectivity index (χ0v) is 14.4. The number of halogens is 1. The second kappa shape index (κ2) is 8.30. The first kappa shape index (κ1) is 17.7. The minimum atomic E-state index is -0.261. The molecule has 0 saturated carbocycles. The Balaban J connectivity index is 1.46. The number of benzene rings is 1. The van der Waals surface area contributed by atoms with Gasteiger partial charge in [0.2, 0.25) is 0 Å². The van der Waals surface area contributed by atoms with Crippen molar-refractivity contribution in [3.8, 4) is 6.07 Å². The predicted octanol–water partition coefficient (Wildman–Crippen LogP) is 2.17. The molecule has 0 spiro atoms. The van der Waals surface area contributed by atoms with Gasteiger partial charge in [0.15, 0.2) is 0 Å². The molecule has 6 nitrogen and oxygen atoms in total. The lowest BCUT2D eigenvalue weighted by molar-refractivity contribution is 0.194. The standard InChI is InChI=1S/C19H20FN5O/c20-17-5-3-15(4-6-17)7-9-23-19(26)25-12-10-24(11-13-25)18-16(14-21)2-1-8-22-18/h1-6,8H,7,9-13H2,(H,23,26). The molecule has 2 amide bonds. The summed E-state index contributed by atoms with van der Waals surface area (Å²) < 4.78 is 12.9. The molecule has 2 heterocycles. The zero-order chi connectivity index (χ0) is 18.4. The number of carbonyl (C=O) groups excluding carboxylic acids is 1. The van der Waals surface area contributed by atoms with Gasteiger partial charge in [-0.2, -0.15) is 5.26 Å². The number of amides is 2. The van der Waals surface area contributed by atoms with Crippen LogP contribution in [0.3, 0.4) is 0 Å². The van der Waals surface area contributed by atoms with Crippen molar-refractivity contribution in [3.05, 3.63) is 59.5 Å². The van der Waals surface area contributed by atoms with Crippen LogP contribution in [-0.4, -0.2) is 48.6 Å². The van der Waals surface area contributed by atoms with Crippen molar-refractivity contribution in [3.63, 3.8) is 0 Å². The Morgan fingerprint density at radius 2 is 1.92 bits per heavy atom. The zero-order valence-electron chi connectivity index (χ0n) is 14.4. The molecule has 0 aliphatic carbocycles. The van der Waals surface area contributed by atoms with E-state index in [0.717, 1.165) is 5.56 Å². The number of piperazine rings is 1. The molecule has 1 aromatic heterocycles. The SMILES string of the molecule is N#Cc1cccnc1N1CCN(C(=O)NCCc2ccc(F)cc2)CC1. The van der Waals surface area contributed by atoms with Gasteiger partial charge in [0.05, 0.1) is 5.56 Å². The molecule has 0 bridgehead atoms. The number of nitrogens with one attached hydrogen (secondary N) is 1. The number of nitrogens with zero attached hydrogens (tertiary/aromatic N) is 4. The van der Waals surface area contributed by atoms with Crippen LogP contribution >= 0.6 is 0 Å². The maximum atomic E-state index is 12.9. The third kappa shape index (κ3) is 4.28. The Kier molecular flexibility index (Phi) is 5.64. The van der Waals surface area contributed by atoms with Crippen LogP contribution in [0.1, 0.15) is 11.1 Å². The fraction of sp³-hybridized carbons (Fsp3) is 0.316. The Morgan fingerprint density at radius 1 is 1.19 bits per heavy atom. The molecule has 2 aromatic rings. The van der Waals surface area contributed by atoms with Crippen molar-refractivity contribution in [2.75, 3.05) is 37.6 Å². The Hall–Kier alpha value is -3.14. The van der Waals surface area contributed by atoms with Gasteiger partial charge in [-0.25, -0.2) is 14.2 Å². The van der Waals surface area contributed by atoms with Crippen LogP contribution in [0.5, 0.6) is 0 Å². The van der Waals surface area contributed by atoms with E-state index in [-0.39, 0.29) is 11.8 Å². The molecular formula is C19H20FN5O. The highest BCUT2D eigenvalue weighted by molar-refractivity contribution is 5.74. The maximum Gasteiger partial charge on any atom is 0.317 e. The summed E-state index contributed by atoms with van der Waals surface area (Å²) >= 11 is 0. The van der Waals surface area contributed by atoms with Crippen LogP contribution < -0.4 is 10.2 Å². The lowest BCUT2D eigenvalue weighted by atomic mass is 10.1. The van der Waals surface area contributed by atoms with Gasteiger partial charge in [0, 0.05) is 38.9 Å². The lowest BCUT2D eigenvalue weighted by Crippen LogP contribution is -2.52. The number of hydrogen-bond donors (Lipinski definition) is 1. The quantitative estimate of drug-likeness (QED) is 0.914. The first-order valence-electron chi connectivity index (χ1n) is 8.54. The van der Waals surface area contributed by atoms with Gasteiger partial charge in [-0.15, -0.1) is 0 Å². The fourth-order valence-corrected chi connectivity index (χ4v) is 2.93. The van der Waals surface area contributed by atoms with E-state index in [1.54, 1.807) is 35.4 Å². The van der Waals surface area contributed by atoms with Crippen molar-refractivity contribution in [1.82, 2.24) is 15.2 Å². The van der Waals surface area contributed by atoms with E-state index >= 15 is 0 Å². The highest BCUT2D eigenvalue weighted by Crippen LogP contribution is 2.18. The van der Waals surface area contributed by atoms with Crippen LogP contribution in [0.2, 0.25) is 0 Å². The van der Waals surface area contributed by atoms with Crippen molar-refractivity contribution < 1.29 is 9.18 Å². The topological polar surface area (TPSA) is 72.3 Å². The smallest absolute Gasteiger partial charge is 0.317 e. The molecule has 1 N–H and O–H groups in total. The van der Waals surface area contributed by atoms with Crippen LogP contribution in [0.25, 0.3) is 0 Å². The second-order valence-electron chi connectivity index (χ2n) is 6.07. The minimum absolute atomic E-state index is 0.103. The summed E-state index contributed by atoms with van der Waals surface area (Å²) in [5.74, 6) is 0.412. The van der Waals surface area contributed by atoms with E-state index in [4.69, 9.17) is 0 Å². The molecule has 7 heteroatoms. The third-order valence-corrected chi connectivity index (χ3v) is 4.38. The average molecular weight is 353 g/mol. The monoisotopic (exact) mass is 353 g/mol. The summed E-state index contributed by atoms with van der Waals surface area (Å²) in [5.41, 5.74) is 1.53. The fourth-order valence-electron chi connectivity index (χ4n) is 2.93. The number of nitriles is 1. The van der Waals surface area contributed by atoms with Gasteiger partial charge in [0.1, 0.15) is 17.7 Å². The summed E-state index contributed by atoms with van der Waals surface area (Å²) in [5, 5.41) is 12.1. The Morgan fingerprint density at radius 3 is 2.62 bits per heavy atom. The van der Waals surface area contributed by atoms with Gasteiger partial charge < -0.3 is 15.1 Å². The van der Waals surface area contributed by atoms with Crippen molar-refractivity contribution >= 4 is 11.8 Å². The number of carbonyl (C=O) groups is 1. The maximum absolute atomic E-state index is 12.9. The van der Waals surface area contributed by atoms with Crippen LogP contribution in [-0.2, 0) is 6.42 Å². The van der Waals surface area contributed by atoms with E-state index in [1.165, 1.54) is 12.1 Å². The highest BCUT2D eigenvalue weighted by atomic mass is 19.1. The van der Waals surface area contributed by atoms with Gasteiger partial charge in [0.25, 0.3) is 0 Å². The molecule has 0 atom stereocenters. The largest absolute Gasteiger partial charge is 0.352 e. The molecule has 1 aromatic carbocycles. The van der Waals surface area contributed by atoms with E-state index < -0.39 is 0 Å². The number of anilines is 1. The summed E-state index contributed by atoms with van der Waals surface area (Å²) in [6.45, 7) is 2.92. The van der Waals surface area contributed by atoms with Gasteiger partial charge in [-0.3, -0.25) is 0 Å². The van der Waals surface area contributed by atoms with Gasteiger partial charge >= 0.3 is 6.03 Å². The number of urea groups is 1. The van der Waals surface area contributed by atoms with E-state index in [1.807, 2.05) is 4.90 Å². The van der Waals surface area contributed by atoms with Crippen LogP contribution in [0.15, 0.2) is 42.6 Å². The summed E-state index contributed by atoms with van der Waals surface area (Å²) in [7, 11) is 0. The average Bonchev–Trinajstić information content (AvgIpc) is 2.69. The normalized spacial score (nSPS) is 14.0. The number of rotatable bonds is 4. The number of hydrogen-bond acceptors (Lipinski definition) is 4. The third-order valence-electron chi connectivity index (χ3n) is 4.38. The highest BCUT2D eigenvalue weighted by Gasteiger charge is 2.23. The summed E-state index contributed by atoms with van der Waals surface area (Å²) in [6, 6.07) is 11.8. The summed E-state index contributed by atoms with van der Waals surface area (Å²) in [6.07, 6.45) is 2.33. The van der Waals surface area contributed by atoms with E-state index in [0.29, 0.717) is 50.5 Å². The number of pyridine rings is 1. The molecule has 0 radical (unpaired) electrons. The molecular weight excluding hydrogens is 333 g/mol. The van der Waals surface area contributed by atoms with Crippen molar-refractivity contribution in [2.45, 2.75) is 6.42 Å². The molecule has 1 aliphatic rings. The van der Waals surface area contributed by atoms with E-state index in [9.17, 15) is 14.4 Å². The first-order chi connectivity index (χ1) is 12.7. The molecule has 1 aliphatic heterocycles.